The fraction of sp³-hybridized carbons (Fsp3) is 0.286. The normalized spacial score (nSPS) is 13.9. The first-order chi connectivity index (χ1) is 9.49. The monoisotopic (exact) mass is 276 g/mol. The number of para-hydroxylation sites is 1. The number of nitrogens with one attached hydrogen (secondary N) is 2. The van der Waals surface area contributed by atoms with E-state index in [1.54, 1.807) is 6.20 Å². The van der Waals surface area contributed by atoms with E-state index in [1.807, 2.05) is 24.3 Å². The van der Waals surface area contributed by atoms with Gasteiger partial charge in [0, 0.05) is 17.1 Å². The maximum Gasteiger partial charge on any atom is 0.328 e. The number of hydrogen-bond donors (Lipinski definition) is 4. The molecule has 20 heavy (non-hydrogen) atoms. The molecule has 2 rings (SSSR count). The molecule has 1 aromatic heterocycles. The van der Waals surface area contributed by atoms with Gasteiger partial charge < -0.3 is 20.5 Å². The van der Waals surface area contributed by atoms with Crippen molar-refractivity contribution < 1.29 is 19.8 Å². The predicted octanol–water partition coefficient (Wildman–Crippen LogP) is 0.661. The minimum atomic E-state index is -1.30. The van der Waals surface area contributed by atoms with Gasteiger partial charge in [-0.2, -0.15) is 0 Å². The van der Waals surface area contributed by atoms with Crippen LogP contribution in [0.15, 0.2) is 30.5 Å². The van der Waals surface area contributed by atoms with Crippen molar-refractivity contribution in [2.24, 2.45) is 0 Å². The standard InChI is InChI=1S/C14H16N2O4/c1-8(17)13(14(19)20)16-12(18)6-9-7-15-11-5-3-2-4-10(9)11/h2-5,7-8,13,15,17H,6H2,1H3,(H,16,18)(H,19,20)/t8-,13+/m1/s1. The van der Waals surface area contributed by atoms with Crippen molar-refractivity contribution in [1.29, 1.82) is 0 Å². The minimum absolute atomic E-state index is 0.0561. The molecule has 2 aromatic rings. The molecule has 0 spiro atoms. The number of carbonyl (C=O) groups excluding carboxylic acids is 1. The van der Waals surface area contributed by atoms with E-state index in [9.17, 15) is 14.7 Å². The van der Waals surface area contributed by atoms with E-state index in [1.165, 1.54) is 6.92 Å². The quantitative estimate of drug-likeness (QED) is 0.644. The van der Waals surface area contributed by atoms with Gasteiger partial charge in [0.25, 0.3) is 0 Å². The van der Waals surface area contributed by atoms with Gasteiger partial charge in [0.15, 0.2) is 6.04 Å². The lowest BCUT2D eigenvalue weighted by atomic mass is 10.1. The summed E-state index contributed by atoms with van der Waals surface area (Å²) in [6, 6.07) is 6.24. The van der Waals surface area contributed by atoms with Crippen LogP contribution in [-0.2, 0) is 16.0 Å². The molecule has 2 atom stereocenters. The second-order valence-electron chi connectivity index (χ2n) is 4.66. The average Bonchev–Trinajstić information content (AvgIpc) is 2.79. The first-order valence-electron chi connectivity index (χ1n) is 6.24. The van der Waals surface area contributed by atoms with Gasteiger partial charge in [-0.3, -0.25) is 4.79 Å². The number of aliphatic carboxylic acids is 1. The van der Waals surface area contributed by atoms with E-state index in [0.29, 0.717) is 0 Å². The second kappa shape index (κ2) is 5.75. The highest BCUT2D eigenvalue weighted by Crippen LogP contribution is 2.18. The topological polar surface area (TPSA) is 102 Å². The number of benzene rings is 1. The summed E-state index contributed by atoms with van der Waals surface area (Å²) in [7, 11) is 0. The number of aliphatic hydroxyl groups excluding tert-OH is 1. The molecule has 1 amide bonds. The Morgan fingerprint density at radius 2 is 2.05 bits per heavy atom. The van der Waals surface area contributed by atoms with E-state index >= 15 is 0 Å². The van der Waals surface area contributed by atoms with Gasteiger partial charge in [0.05, 0.1) is 12.5 Å². The molecular formula is C14H16N2O4. The lowest BCUT2D eigenvalue weighted by molar-refractivity contribution is -0.144. The Labute approximate surface area is 115 Å². The Kier molecular flexibility index (Phi) is 4.05. The van der Waals surface area contributed by atoms with Gasteiger partial charge >= 0.3 is 5.97 Å². The smallest absolute Gasteiger partial charge is 0.328 e. The number of carboxylic acid groups (broad SMARTS) is 1. The zero-order chi connectivity index (χ0) is 14.7. The number of amides is 1. The van der Waals surface area contributed by atoms with E-state index in [-0.39, 0.29) is 6.42 Å². The lowest BCUT2D eigenvalue weighted by Gasteiger charge is -2.16. The fourth-order valence-corrected chi connectivity index (χ4v) is 2.06. The highest BCUT2D eigenvalue weighted by atomic mass is 16.4. The number of carboxylic acids is 1. The summed E-state index contributed by atoms with van der Waals surface area (Å²) in [6.07, 6.45) is 0.627. The van der Waals surface area contributed by atoms with Crippen molar-refractivity contribution in [3.8, 4) is 0 Å². The molecule has 0 aliphatic heterocycles. The van der Waals surface area contributed by atoms with Crippen molar-refractivity contribution in [2.45, 2.75) is 25.5 Å². The Bertz CT molecular complexity index is 633. The first kappa shape index (κ1) is 14.1. The average molecular weight is 276 g/mol. The van der Waals surface area contributed by atoms with Gasteiger partial charge in [0.2, 0.25) is 5.91 Å². The summed E-state index contributed by atoms with van der Waals surface area (Å²) in [4.78, 5) is 25.8. The molecule has 6 nitrogen and oxygen atoms in total. The number of fused-ring (bicyclic) bond motifs is 1. The third kappa shape index (κ3) is 2.97. The van der Waals surface area contributed by atoms with Crippen LogP contribution < -0.4 is 5.32 Å². The molecule has 6 heteroatoms. The summed E-state index contributed by atoms with van der Waals surface area (Å²) in [5.74, 6) is -1.70. The van der Waals surface area contributed by atoms with Crippen LogP contribution in [0.3, 0.4) is 0 Å². The zero-order valence-electron chi connectivity index (χ0n) is 11.0. The molecule has 0 radical (unpaired) electrons. The SMILES string of the molecule is C[C@@H](O)[C@H](NC(=O)Cc1c[nH]c2ccccc12)C(=O)O. The maximum atomic E-state index is 11.9. The molecule has 4 N–H and O–H groups in total. The van der Waals surface area contributed by atoms with Crippen LogP contribution in [0.25, 0.3) is 10.9 Å². The molecule has 0 aliphatic carbocycles. The third-order valence-corrected chi connectivity index (χ3v) is 3.09. The van der Waals surface area contributed by atoms with Crippen LogP contribution >= 0.6 is 0 Å². The van der Waals surface area contributed by atoms with Crippen molar-refractivity contribution in [2.75, 3.05) is 0 Å². The largest absolute Gasteiger partial charge is 0.480 e. The number of rotatable bonds is 5. The molecule has 0 unspecified atom stereocenters. The summed E-state index contributed by atoms with van der Waals surface area (Å²) < 4.78 is 0. The summed E-state index contributed by atoms with van der Waals surface area (Å²) in [5, 5.41) is 21.5. The first-order valence-corrected chi connectivity index (χ1v) is 6.24. The number of aromatic nitrogens is 1. The van der Waals surface area contributed by atoms with Crippen molar-refractivity contribution in [3.05, 3.63) is 36.0 Å². The lowest BCUT2D eigenvalue weighted by Crippen LogP contribution is -2.48. The highest BCUT2D eigenvalue weighted by Gasteiger charge is 2.25. The number of aromatic amines is 1. The van der Waals surface area contributed by atoms with Gasteiger partial charge in [-0.25, -0.2) is 4.79 Å². The summed E-state index contributed by atoms with van der Waals surface area (Å²) >= 11 is 0. The molecule has 0 saturated carbocycles. The van der Waals surface area contributed by atoms with Crippen LogP contribution in [0, 0.1) is 0 Å². The van der Waals surface area contributed by atoms with E-state index in [2.05, 4.69) is 10.3 Å². The fourth-order valence-electron chi connectivity index (χ4n) is 2.06. The zero-order valence-corrected chi connectivity index (χ0v) is 11.0. The second-order valence-corrected chi connectivity index (χ2v) is 4.66. The number of carbonyl (C=O) groups is 2. The Morgan fingerprint density at radius 3 is 2.70 bits per heavy atom. The maximum absolute atomic E-state index is 11.9. The highest BCUT2D eigenvalue weighted by molar-refractivity contribution is 5.90. The van der Waals surface area contributed by atoms with Gasteiger partial charge in [-0.05, 0) is 18.6 Å². The van der Waals surface area contributed by atoms with Gasteiger partial charge in [-0.15, -0.1) is 0 Å². The van der Waals surface area contributed by atoms with Crippen molar-refractivity contribution in [3.63, 3.8) is 0 Å². The van der Waals surface area contributed by atoms with Crippen LogP contribution in [0.1, 0.15) is 12.5 Å². The van der Waals surface area contributed by atoms with Crippen LogP contribution in [0.4, 0.5) is 0 Å². The molecule has 0 aliphatic rings. The molecule has 0 bridgehead atoms. The minimum Gasteiger partial charge on any atom is -0.480 e. The molecule has 0 fully saturated rings. The predicted molar refractivity (Wildman–Crippen MR) is 73.3 cm³/mol. The molecule has 1 aromatic carbocycles. The van der Waals surface area contributed by atoms with Crippen molar-refractivity contribution >= 4 is 22.8 Å². The van der Waals surface area contributed by atoms with Crippen LogP contribution in [-0.4, -0.2) is 39.2 Å². The van der Waals surface area contributed by atoms with Crippen LogP contribution in [0.2, 0.25) is 0 Å². The number of aliphatic hydroxyl groups is 1. The summed E-state index contributed by atoms with van der Waals surface area (Å²) in [5.41, 5.74) is 1.70. The number of hydrogen-bond acceptors (Lipinski definition) is 3. The Morgan fingerprint density at radius 1 is 1.35 bits per heavy atom. The Hall–Kier alpha value is -2.34. The van der Waals surface area contributed by atoms with Crippen LogP contribution in [0.5, 0.6) is 0 Å². The summed E-state index contributed by atoms with van der Waals surface area (Å²) in [6.45, 7) is 1.32. The number of H-pyrrole nitrogens is 1. The van der Waals surface area contributed by atoms with Gasteiger partial charge in [-0.1, -0.05) is 18.2 Å². The Balaban J connectivity index is 2.10. The third-order valence-electron chi connectivity index (χ3n) is 3.09. The van der Waals surface area contributed by atoms with Gasteiger partial charge in [0.1, 0.15) is 0 Å². The molecule has 1 heterocycles. The molecule has 106 valence electrons. The van der Waals surface area contributed by atoms with Crippen molar-refractivity contribution in [1.82, 2.24) is 10.3 Å². The van der Waals surface area contributed by atoms with E-state index < -0.39 is 24.0 Å². The van der Waals surface area contributed by atoms with E-state index in [4.69, 9.17) is 5.11 Å². The molecule has 0 saturated heterocycles. The molecular weight excluding hydrogens is 260 g/mol. The van der Waals surface area contributed by atoms with E-state index in [0.717, 1.165) is 16.5 Å².